The van der Waals surface area contributed by atoms with Crippen LogP contribution in [0.3, 0.4) is 0 Å². The normalized spacial score (nSPS) is 23.1. The molecule has 21 heavy (non-hydrogen) atoms. The lowest BCUT2D eigenvalue weighted by atomic mass is 10.0. The SMILES string of the molecule is CCCNC(c1c(Cl)cnn1CC)C1CCCCS1(=O)=O. The van der Waals surface area contributed by atoms with Gasteiger partial charge in [-0.15, -0.1) is 0 Å². The Morgan fingerprint density at radius 3 is 2.86 bits per heavy atom. The predicted molar refractivity (Wildman–Crippen MR) is 85.4 cm³/mol. The molecule has 2 unspecified atom stereocenters. The molecule has 0 radical (unpaired) electrons. The third kappa shape index (κ3) is 3.60. The molecule has 1 aliphatic heterocycles. The van der Waals surface area contributed by atoms with E-state index in [1.165, 1.54) is 0 Å². The molecule has 2 heterocycles. The fraction of sp³-hybridized carbons (Fsp3) is 0.786. The zero-order chi connectivity index (χ0) is 15.5. The summed E-state index contributed by atoms with van der Waals surface area (Å²) in [6.45, 7) is 5.50. The number of aromatic nitrogens is 2. The molecule has 120 valence electrons. The first-order valence-corrected chi connectivity index (χ1v) is 9.76. The average Bonchev–Trinajstić information content (AvgIpc) is 2.82. The van der Waals surface area contributed by atoms with E-state index in [1.54, 1.807) is 10.9 Å². The summed E-state index contributed by atoms with van der Waals surface area (Å²) in [7, 11) is -3.08. The van der Waals surface area contributed by atoms with Gasteiger partial charge < -0.3 is 5.32 Å². The highest BCUT2D eigenvalue weighted by Gasteiger charge is 2.38. The van der Waals surface area contributed by atoms with E-state index >= 15 is 0 Å². The van der Waals surface area contributed by atoms with Gasteiger partial charge in [-0.2, -0.15) is 5.10 Å². The quantitative estimate of drug-likeness (QED) is 0.869. The van der Waals surface area contributed by atoms with Crippen molar-refractivity contribution in [1.29, 1.82) is 0 Å². The fourth-order valence-corrected chi connectivity index (χ4v) is 5.32. The van der Waals surface area contributed by atoms with Crippen LogP contribution in [0, 0.1) is 0 Å². The van der Waals surface area contributed by atoms with Crippen LogP contribution in [0.4, 0.5) is 0 Å². The summed E-state index contributed by atoms with van der Waals surface area (Å²) in [5.41, 5.74) is 0.808. The number of aryl methyl sites for hydroxylation is 1. The van der Waals surface area contributed by atoms with Gasteiger partial charge in [0.25, 0.3) is 0 Å². The van der Waals surface area contributed by atoms with E-state index in [2.05, 4.69) is 17.3 Å². The van der Waals surface area contributed by atoms with Crippen LogP contribution in [-0.2, 0) is 16.4 Å². The van der Waals surface area contributed by atoms with Crippen molar-refractivity contribution in [2.75, 3.05) is 12.3 Å². The highest BCUT2D eigenvalue weighted by Crippen LogP contribution is 2.34. The molecule has 1 aromatic rings. The van der Waals surface area contributed by atoms with Crippen molar-refractivity contribution in [2.45, 2.75) is 57.4 Å². The molecule has 0 spiro atoms. The van der Waals surface area contributed by atoms with Gasteiger partial charge in [-0.3, -0.25) is 4.68 Å². The van der Waals surface area contributed by atoms with Gasteiger partial charge >= 0.3 is 0 Å². The summed E-state index contributed by atoms with van der Waals surface area (Å²) in [6.07, 6.45) is 4.96. The van der Waals surface area contributed by atoms with Crippen LogP contribution in [0.1, 0.15) is 51.3 Å². The van der Waals surface area contributed by atoms with Crippen LogP contribution < -0.4 is 5.32 Å². The lowest BCUT2D eigenvalue weighted by Gasteiger charge is -2.31. The number of nitrogens with zero attached hydrogens (tertiary/aromatic N) is 2. The van der Waals surface area contributed by atoms with Gasteiger partial charge in [0, 0.05) is 6.54 Å². The summed E-state index contributed by atoms with van der Waals surface area (Å²) < 4.78 is 26.8. The summed E-state index contributed by atoms with van der Waals surface area (Å²) in [6, 6.07) is -0.273. The maximum absolute atomic E-state index is 12.5. The molecule has 1 fully saturated rings. The average molecular weight is 334 g/mol. The lowest BCUT2D eigenvalue weighted by Crippen LogP contribution is -2.42. The monoisotopic (exact) mass is 333 g/mol. The zero-order valence-electron chi connectivity index (χ0n) is 12.7. The predicted octanol–water partition coefficient (Wildman–Crippen LogP) is 2.56. The molecule has 0 amide bonds. The first-order valence-electron chi connectivity index (χ1n) is 7.67. The molecule has 5 nitrogen and oxygen atoms in total. The first kappa shape index (κ1) is 16.8. The van der Waals surface area contributed by atoms with E-state index in [-0.39, 0.29) is 11.8 Å². The van der Waals surface area contributed by atoms with Crippen LogP contribution in [0.5, 0.6) is 0 Å². The van der Waals surface area contributed by atoms with Gasteiger partial charge in [-0.05, 0) is 32.7 Å². The number of hydrogen-bond acceptors (Lipinski definition) is 4. The standard InChI is InChI=1S/C14H24ClN3O2S/c1-3-8-16-13(12-7-5-6-9-21(12,19)20)14-11(15)10-17-18(14)4-2/h10,12-13,16H,3-9H2,1-2H3. The minimum absolute atomic E-state index is 0.273. The molecule has 1 saturated heterocycles. The molecule has 0 bridgehead atoms. The van der Waals surface area contributed by atoms with Crippen LogP contribution in [0.25, 0.3) is 0 Å². The molecular weight excluding hydrogens is 310 g/mol. The largest absolute Gasteiger partial charge is 0.308 e. The van der Waals surface area contributed by atoms with Crippen molar-refractivity contribution in [3.63, 3.8) is 0 Å². The third-order valence-electron chi connectivity index (χ3n) is 4.04. The minimum atomic E-state index is -3.08. The maximum Gasteiger partial charge on any atom is 0.155 e. The Hall–Kier alpha value is -0.590. The molecule has 1 aliphatic rings. The third-order valence-corrected chi connectivity index (χ3v) is 6.62. The second-order valence-electron chi connectivity index (χ2n) is 5.53. The molecule has 0 aliphatic carbocycles. The van der Waals surface area contributed by atoms with E-state index in [4.69, 9.17) is 11.6 Å². The smallest absolute Gasteiger partial charge is 0.155 e. The van der Waals surface area contributed by atoms with E-state index in [0.717, 1.165) is 31.5 Å². The van der Waals surface area contributed by atoms with Gasteiger partial charge in [0.2, 0.25) is 0 Å². The Balaban J connectivity index is 2.40. The van der Waals surface area contributed by atoms with Crippen LogP contribution in [0.15, 0.2) is 6.20 Å². The number of halogens is 1. The molecular formula is C14H24ClN3O2S. The molecule has 7 heteroatoms. The maximum atomic E-state index is 12.5. The van der Waals surface area contributed by atoms with E-state index < -0.39 is 15.1 Å². The van der Waals surface area contributed by atoms with Crippen LogP contribution in [-0.4, -0.2) is 35.7 Å². The Morgan fingerprint density at radius 1 is 1.48 bits per heavy atom. The summed E-state index contributed by atoms with van der Waals surface area (Å²) in [4.78, 5) is 0. The summed E-state index contributed by atoms with van der Waals surface area (Å²) in [5.74, 6) is 0.278. The van der Waals surface area contributed by atoms with Gasteiger partial charge in [-0.1, -0.05) is 24.9 Å². The first-order chi connectivity index (χ1) is 10.0. The van der Waals surface area contributed by atoms with Crippen molar-refractivity contribution in [1.82, 2.24) is 15.1 Å². The van der Waals surface area contributed by atoms with Crippen LogP contribution in [0.2, 0.25) is 5.02 Å². The van der Waals surface area contributed by atoms with E-state index in [9.17, 15) is 8.42 Å². The number of sulfone groups is 1. The van der Waals surface area contributed by atoms with E-state index in [1.807, 2.05) is 6.92 Å². The molecule has 2 atom stereocenters. The van der Waals surface area contributed by atoms with Gasteiger partial charge in [0.05, 0.1) is 34.0 Å². The molecule has 1 N–H and O–H groups in total. The molecule has 2 rings (SSSR count). The van der Waals surface area contributed by atoms with Crippen molar-refractivity contribution in [2.24, 2.45) is 0 Å². The van der Waals surface area contributed by atoms with Crippen molar-refractivity contribution >= 4 is 21.4 Å². The second kappa shape index (κ2) is 7.11. The van der Waals surface area contributed by atoms with E-state index in [0.29, 0.717) is 18.0 Å². The number of hydrogen-bond donors (Lipinski definition) is 1. The summed E-state index contributed by atoms with van der Waals surface area (Å²) in [5, 5.41) is 7.79. The summed E-state index contributed by atoms with van der Waals surface area (Å²) >= 11 is 6.29. The molecule has 0 saturated carbocycles. The Kier molecular flexibility index (Phi) is 5.68. The molecule has 1 aromatic heterocycles. The minimum Gasteiger partial charge on any atom is -0.308 e. The number of nitrogens with one attached hydrogen (secondary N) is 1. The van der Waals surface area contributed by atoms with Gasteiger partial charge in [-0.25, -0.2) is 8.42 Å². The van der Waals surface area contributed by atoms with Crippen molar-refractivity contribution < 1.29 is 8.42 Å². The van der Waals surface area contributed by atoms with Crippen molar-refractivity contribution in [3.8, 4) is 0 Å². The zero-order valence-corrected chi connectivity index (χ0v) is 14.3. The highest BCUT2D eigenvalue weighted by molar-refractivity contribution is 7.92. The van der Waals surface area contributed by atoms with Crippen molar-refractivity contribution in [3.05, 3.63) is 16.9 Å². The Morgan fingerprint density at radius 2 is 2.24 bits per heavy atom. The Labute approximate surface area is 132 Å². The topological polar surface area (TPSA) is 64.0 Å². The Bertz CT molecular complexity index is 571. The highest BCUT2D eigenvalue weighted by atomic mass is 35.5. The fourth-order valence-electron chi connectivity index (χ4n) is 2.99. The van der Waals surface area contributed by atoms with Gasteiger partial charge in [0.1, 0.15) is 0 Å². The lowest BCUT2D eigenvalue weighted by molar-refractivity contribution is 0.421. The number of rotatable bonds is 6. The molecule has 0 aromatic carbocycles. The second-order valence-corrected chi connectivity index (χ2v) is 8.27. The van der Waals surface area contributed by atoms with Gasteiger partial charge in [0.15, 0.2) is 9.84 Å². The van der Waals surface area contributed by atoms with Crippen LogP contribution >= 0.6 is 11.6 Å².